The molecule has 17 heavy (non-hydrogen) atoms. The number of carbonyl (C=O) groups excluding carboxylic acids is 1. The number of Topliss-reactive ketones (excluding diaryl/α,β-unsaturated/α-hetero) is 1. The molecule has 1 aromatic carbocycles. The first kappa shape index (κ1) is 12.7. The summed E-state index contributed by atoms with van der Waals surface area (Å²) in [5.41, 5.74) is 6.21. The van der Waals surface area contributed by atoms with E-state index in [0.29, 0.717) is 17.4 Å². The maximum absolute atomic E-state index is 12.9. The molecule has 0 unspecified atom stereocenters. The van der Waals surface area contributed by atoms with E-state index in [1.54, 1.807) is 6.07 Å². The number of benzene rings is 1. The number of halogens is 2. The van der Waals surface area contributed by atoms with Gasteiger partial charge in [-0.25, -0.2) is 4.39 Å². The van der Waals surface area contributed by atoms with E-state index in [-0.39, 0.29) is 17.0 Å². The first-order valence-corrected chi connectivity index (χ1v) is 6.54. The lowest BCUT2D eigenvalue weighted by atomic mass is 9.65. The lowest BCUT2D eigenvalue weighted by molar-refractivity contribution is -0.132. The fraction of sp³-hybridized carbons (Fsp3) is 0.462. The van der Waals surface area contributed by atoms with Crippen LogP contribution in [0.4, 0.5) is 4.39 Å². The normalized spacial score (nSPS) is 17.6. The fourth-order valence-electron chi connectivity index (χ4n) is 2.23. The van der Waals surface area contributed by atoms with Gasteiger partial charge in [-0.1, -0.05) is 28.4 Å². The number of nitrogens with two attached hydrogens (primary N) is 1. The van der Waals surface area contributed by atoms with Gasteiger partial charge in [0.1, 0.15) is 11.6 Å². The Bertz CT molecular complexity index is 438. The van der Waals surface area contributed by atoms with E-state index in [4.69, 9.17) is 5.73 Å². The molecular formula is C13H15BrFNO. The number of hydrogen-bond acceptors (Lipinski definition) is 2. The van der Waals surface area contributed by atoms with Crippen LogP contribution >= 0.6 is 15.9 Å². The van der Waals surface area contributed by atoms with Crippen molar-refractivity contribution < 1.29 is 9.18 Å². The van der Waals surface area contributed by atoms with Crippen molar-refractivity contribution >= 4 is 21.7 Å². The minimum Gasteiger partial charge on any atom is -0.329 e. The third-order valence-corrected chi connectivity index (χ3v) is 4.40. The Morgan fingerprint density at radius 1 is 1.47 bits per heavy atom. The molecule has 2 nitrogen and oxygen atoms in total. The summed E-state index contributed by atoms with van der Waals surface area (Å²) in [7, 11) is 0. The summed E-state index contributed by atoms with van der Waals surface area (Å²) in [6.45, 7) is 0.421. The molecule has 0 radical (unpaired) electrons. The molecule has 0 bridgehead atoms. The van der Waals surface area contributed by atoms with Crippen molar-refractivity contribution in [1.82, 2.24) is 0 Å². The number of carbonyl (C=O) groups is 1. The molecule has 1 aromatic rings. The average molecular weight is 300 g/mol. The SMILES string of the molecule is NCC1(C(=O)Cc2ccc(F)cc2Br)CCC1. The van der Waals surface area contributed by atoms with Crippen molar-refractivity contribution in [2.24, 2.45) is 11.1 Å². The minimum absolute atomic E-state index is 0.179. The highest BCUT2D eigenvalue weighted by Gasteiger charge is 2.42. The maximum atomic E-state index is 12.9. The Balaban J connectivity index is 2.13. The van der Waals surface area contributed by atoms with Gasteiger partial charge in [0.2, 0.25) is 0 Å². The van der Waals surface area contributed by atoms with E-state index < -0.39 is 0 Å². The van der Waals surface area contributed by atoms with Crippen LogP contribution in [0.25, 0.3) is 0 Å². The van der Waals surface area contributed by atoms with Gasteiger partial charge in [-0.3, -0.25) is 4.79 Å². The topological polar surface area (TPSA) is 43.1 Å². The first-order chi connectivity index (χ1) is 8.07. The van der Waals surface area contributed by atoms with E-state index in [1.165, 1.54) is 12.1 Å². The Morgan fingerprint density at radius 3 is 2.65 bits per heavy atom. The van der Waals surface area contributed by atoms with E-state index in [2.05, 4.69) is 15.9 Å². The van der Waals surface area contributed by atoms with Crippen molar-refractivity contribution in [2.45, 2.75) is 25.7 Å². The van der Waals surface area contributed by atoms with E-state index in [1.807, 2.05) is 0 Å². The monoisotopic (exact) mass is 299 g/mol. The number of ketones is 1. The second-order valence-corrected chi connectivity index (χ2v) is 5.53. The van der Waals surface area contributed by atoms with Crippen molar-refractivity contribution in [3.05, 3.63) is 34.1 Å². The second kappa shape index (κ2) is 4.86. The lowest BCUT2D eigenvalue weighted by Gasteiger charge is -2.39. The van der Waals surface area contributed by atoms with Gasteiger partial charge in [0.05, 0.1) is 0 Å². The maximum Gasteiger partial charge on any atom is 0.144 e. The Hall–Kier alpha value is -0.740. The first-order valence-electron chi connectivity index (χ1n) is 5.75. The van der Waals surface area contributed by atoms with Gasteiger partial charge in [-0.15, -0.1) is 0 Å². The van der Waals surface area contributed by atoms with Gasteiger partial charge in [0, 0.05) is 22.9 Å². The Labute approximate surface area is 109 Å². The van der Waals surface area contributed by atoms with Crippen LogP contribution in [-0.2, 0) is 11.2 Å². The second-order valence-electron chi connectivity index (χ2n) is 4.67. The zero-order valence-corrected chi connectivity index (χ0v) is 11.1. The molecule has 1 aliphatic carbocycles. The molecule has 92 valence electrons. The summed E-state index contributed by atoms with van der Waals surface area (Å²) in [5.74, 6) is -0.121. The van der Waals surface area contributed by atoms with E-state index in [9.17, 15) is 9.18 Å². The van der Waals surface area contributed by atoms with Crippen LogP contribution in [0.15, 0.2) is 22.7 Å². The van der Waals surface area contributed by atoms with Crippen LogP contribution < -0.4 is 5.73 Å². The van der Waals surface area contributed by atoms with Gasteiger partial charge in [0.25, 0.3) is 0 Å². The molecule has 1 aliphatic rings. The molecule has 0 saturated heterocycles. The molecule has 0 aliphatic heterocycles. The molecule has 0 spiro atoms. The summed E-state index contributed by atoms with van der Waals surface area (Å²) in [6, 6.07) is 4.42. The van der Waals surface area contributed by atoms with Gasteiger partial charge < -0.3 is 5.73 Å². The molecule has 0 atom stereocenters. The zero-order valence-electron chi connectivity index (χ0n) is 9.51. The summed E-state index contributed by atoms with van der Waals surface area (Å²) >= 11 is 3.28. The highest BCUT2D eigenvalue weighted by molar-refractivity contribution is 9.10. The van der Waals surface area contributed by atoms with Gasteiger partial charge in [0.15, 0.2) is 0 Å². The van der Waals surface area contributed by atoms with E-state index >= 15 is 0 Å². The largest absolute Gasteiger partial charge is 0.329 e. The molecular weight excluding hydrogens is 285 g/mol. The van der Waals surface area contributed by atoms with Crippen LogP contribution in [-0.4, -0.2) is 12.3 Å². The summed E-state index contributed by atoms with van der Waals surface area (Å²) in [5, 5.41) is 0. The van der Waals surface area contributed by atoms with Crippen molar-refractivity contribution in [3.63, 3.8) is 0 Å². The molecule has 1 saturated carbocycles. The molecule has 2 rings (SSSR count). The Kier molecular flexibility index (Phi) is 3.64. The molecule has 0 aromatic heterocycles. The lowest BCUT2D eigenvalue weighted by Crippen LogP contribution is -2.45. The highest BCUT2D eigenvalue weighted by atomic mass is 79.9. The molecule has 1 fully saturated rings. The Morgan fingerprint density at radius 2 is 2.18 bits per heavy atom. The predicted octanol–water partition coefficient (Wildman–Crippen LogP) is 2.83. The van der Waals surface area contributed by atoms with Crippen LogP contribution in [0.5, 0.6) is 0 Å². The van der Waals surface area contributed by atoms with Crippen LogP contribution in [0.2, 0.25) is 0 Å². The van der Waals surface area contributed by atoms with Crippen LogP contribution in [0.1, 0.15) is 24.8 Å². The standard InChI is InChI=1S/C13H15BrFNO/c14-11-7-10(15)3-2-9(11)6-12(17)13(8-16)4-1-5-13/h2-3,7H,1,4-6,8,16H2. The van der Waals surface area contributed by atoms with Crippen molar-refractivity contribution in [1.29, 1.82) is 0 Å². The summed E-state index contributed by atoms with van der Waals surface area (Å²) in [4.78, 5) is 12.2. The number of hydrogen-bond donors (Lipinski definition) is 1. The highest BCUT2D eigenvalue weighted by Crippen LogP contribution is 2.41. The van der Waals surface area contributed by atoms with Crippen LogP contribution in [0, 0.1) is 11.2 Å². The third kappa shape index (κ3) is 2.43. The quantitative estimate of drug-likeness (QED) is 0.929. The minimum atomic E-state index is -0.312. The van der Waals surface area contributed by atoms with Gasteiger partial charge in [-0.05, 0) is 30.5 Å². The summed E-state index contributed by atoms with van der Waals surface area (Å²) < 4.78 is 13.6. The summed E-state index contributed by atoms with van der Waals surface area (Å²) in [6.07, 6.45) is 3.19. The predicted molar refractivity (Wildman–Crippen MR) is 68.1 cm³/mol. The van der Waals surface area contributed by atoms with Crippen molar-refractivity contribution in [3.8, 4) is 0 Å². The van der Waals surface area contributed by atoms with E-state index in [0.717, 1.165) is 24.8 Å². The van der Waals surface area contributed by atoms with Crippen molar-refractivity contribution in [2.75, 3.05) is 6.54 Å². The molecule has 4 heteroatoms. The molecule has 0 heterocycles. The zero-order chi connectivity index (χ0) is 12.5. The smallest absolute Gasteiger partial charge is 0.144 e. The molecule has 0 amide bonds. The molecule has 2 N–H and O–H groups in total. The average Bonchev–Trinajstić information content (AvgIpc) is 2.21. The van der Waals surface area contributed by atoms with Gasteiger partial charge in [-0.2, -0.15) is 0 Å². The third-order valence-electron chi connectivity index (χ3n) is 3.66. The van der Waals surface area contributed by atoms with Gasteiger partial charge >= 0.3 is 0 Å². The number of rotatable bonds is 4. The van der Waals surface area contributed by atoms with Crippen LogP contribution in [0.3, 0.4) is 0 Å². The fourth-order valence-corrected chi connectivity index (χ4v) is 2.72.